The lowest BCUT2D eigenvalue weighted by molar-refractivity contribution is 0.240. The molecule has 0 unspecified atom stereocenters. The van der Waals surface area contributed by atoms with Crippen molar-refractivity contribution >= 4 is 12.0 Å². The first-order chi connectivity index (χ1) is 8.43. The fourth-order valence-electron chi connectivity index (χ4n) is 1.88. The minimum absolute atomic E-state index is 0.929. The summed E-state index contributed by atoms with van der Waals surface area (Å²) in [5.41, 5.74) is 0. The van der Waals surface area contributed by atoms with Gasteiger partial charge >= 0.3 is 0 Å². The van der Waals surface area contributed by atoms with E-state index in [0.717, 1.165) is 12.4 Å². The highest BCUT2D eigenvalue weighted by Gasteiger charge is 2.08. The number of piperidine rings is 1. The van der Waals surface area contributed by atoms with Gasteiger partial charge in [-0.15, -0.1) is 0 Å². The monoisotopic (exact) mass is 261 g/mol. The van der Waals surface area contributed by atoms with Crippen LogP contribution < -0.4 is 0 Å². The van der Waals surface area contributed by atoms with Crippen molar-refractivity contribution in [1.82, 2.24) is 4.90 Å². The first kappa shape index (κ1) is 17.3. The fraction of sp³-hybridized carbons (Fsp3) is 1.00. The first-order valence-electron chi connectivity index (χ1n) is 7.40. The number of rotatable bonds is 8. The van der Waals surface area contributed by atoms with Crippen LogP contribution in [0.4, 0.5) is 0 Å². The molecule has 1 fully saturated rings. The van der Waals surface area contributed by atoms with Gasteiger partial charge in [-0.25, -0.2) is 0 Å². The molecule has 0 aromatic heterocycles. The van der Waals surface area contributed by atoms with Crippen LogP contribution in [-0.2, 0) is 4.18 Å². The second-order valence-corrected chi connectivity index (χ2v) is 5.13. The van der Waals surface area contributed by atoms with Gasteiger partial charge in [-0.3, -0.25) is 0 Å². The zero-order valence-corrected chi connectivity index (χ0v) is 12.9. The Bertz CT molecular complexity index is 138. The zero-order valence-electron chi connectivity index (χ0n) is 12.0. The quantitative estimate of drug-likeness (QED) is 0.476. The predicted molar refractivity (Wildman–Crippen MR) is 79.6 cm³/mol. The molecule has 1 aliphatic heterocycles. The van der Waals surface area contributed by atoms with Crippen LogP contribution in [-0.4, -0.2) is 36.9 Å². The summed E-state index contributed by atoms with van der Waals surface area (Å²) >= 11 is 1.66. The second-order valence-electron chi connectivity index (χ2n) is 4.25. The average Bonchev–Trinajstić information content (AvgIpc) is 2.41. The van der Waals surface area contributed by atoms with Crippen LogP contribution in [0.5, 0.6) is 0 Å². The Labute approximate surface area is 113 Å². The maximum absolute atomic E-state index is 5.52. The van der Waals surface area contributed by atoms with E-state index in [9.17, 15) is 0 Å². The molecule has 1 aliphatic rings. The number of hydrogen-bond donors (Lipinski definition) is 0. The van der Waals surface area contributed by atoms with Crippen molar-refractivity contribution in [3.8, 4) is 0 Å². The highest BCUT2D eigenvalue weighted by Crippen LogP contribution is 2.11. The smallest absolute Gasteiger partial charge is 0.0613 e. The van der Waals surface area contributed by atoms with E-state index in [1.54, 1.807) is 12.0 Å². The number of nitrogens with zero attached hydrogens (tertiary/aromatic N) is 1. The molecule has 1 heterocycles. The molecule has 0 aliphatic carbocycles. The third-order valence-corrected chi connectivity index (χ3v) is 3.54. The molecule has 0 spiro atoms. The standard InChI is InChI=1S/C12H25NOS.C2H6/c1-2-3-7-11-14-15-12-10-13-8-5-4-6-9-13;1-2/h2-12H2,1H3;1-2H3. The lowest BCUT2D eigenvalue weighted by atomic mass is 10.1. The zero-order chi connectivity index (χ0) is 12.8. The van der Waals surface area contributed by atoms with Crippen molar-refractivity contribution in [1.29, 1.82) is 0 Å². The highest BCUT2D eigenvalue weighted by molar-refractivity contribution is 7.94. The molecular weight excluding hydrogens is 230 g/mol. The van der Waals surface area contributed by atoms with Crippen LogP contribution in [0, 0.1) is 0 Å². The summed E-state index contributed by atoms with van der Waals surface area (Å²) in [7, 11) is 0. The topological polar surface area (TPSA) is 12.5 Å². The van der Waals surface area contributed by atoms with Crippen LogP contribution >= 0.6 is 12.0 Å². The fourth-order valence-corrected chi connectivity index (χ4v) is 2.56. The Hall–Kier alpha value is 0.270. The summed E-state index contributed by atoms with van der Waals surface area (Å²) in [6.45, 7) is 11.0. The van der Waals surface area contributed by atoms with E-state index in [4.69, 9.17) is 4.18 Å². The summed E-state index contributed by atoms with van der Waals surface area (Å²) in [5.74, 6) is 1.13. The average molecular weight is 261 g/mol. The van der Waals surface area contributed by atoms with E-state index in [1.807, 2.05) is 13.8 Å². The van der Waals surface area contributed by atoms with E-state index in [1.165, 1.54) is 58.2 Å². The molecule has 1 saturated heterocycles. The summed E-state index contributed by atoms with van der Waals surface area (Å²) in [4.78, 5) is 2.56. The SMILES string of the molecule is CC.CCCCCOSCCN1CCCCC1. The van der Waals surface area contributed by atoms with Crippen LogP contribution in [0.15, 0.2) is 0 Å². The number of hydrogen-bond acceptors (Lipinski definition) is 3. The molecule has 0 radical (unpaired) electrons. The molecule has 3 heteroatoms. The van der Waals surface area contributed by atoms with Gasteiger partial charge in [0.05, 0.1) is 6.61 Å². The highest BCUT2D eigenvalue weighted by atomic mass is 32.2. The molecule has 104 valence electrons. The van der Waals surface area contributed by atoms with Gasteiger partial charge in [0.15, 0.2) is 0 Å². The van der Waals surface area contributed by atoms with Gasteiger partial charge in [0, 0.05) is 12.3 Å². The van der Waals surface area contributed by atoms with Gasteiger partial charge < -0.3 is 9.08 Å². The third kappa shape index (κ3) is 11.1. The van der Waals surface area contributed by atoms with E-state index in [0.29, 0.717) is 0 Å². The molecule has 0 aromatic carbocycles. The molecule has 2 nitrogen and oxygen atoms in total. The van der Waals surface area contributed by atoms with Gasteiger partial charge in [-0.2, -0.15) is 0 Å². The summed E-state index contributed by atoms with van der Waals surface area (Å²) < 4.78 is 5.52. The Morgan fingerprint density at radius 2 is 1.76 bits per heavy atom. The number of unbranched alkanes of at least 4 members (excludes halogenated alkanes) is 2. The maximum Gasteiger partial charge on any atom is 0.0613 e. The molecule has 0 amide bonds. The van der Waals surface area contributed by atoms with Gasteiger partial charge in [0.2, 0.25) is 0 Å². The predicted octanol–water partition coefficient (Wildman–Crippen LogP) is 4.35. The van der Waals surface area contributed by atoms with E-state index < -0.39 is 0 Å². The van der Waals surface area contributed by atoms with Gasteiger partial charge in [-0.05, 0) is 44.4 Å². The maximum atomic E-state index is 5.52. The molecule has 1 rings (SSSR count). The van der Waals surface area contributed by atoms with Gasteiger partial charge in [0.25, 0.3) is 0 Å². The van der Waals surface area contributed by atoms with Crippen molar-refractivity contribution in [2.24, 2.45) is 0 Å². The molecule has 0 aromatic rings. The summed E-state index contributed by atoms with van der Waals surface area (Å²) in [6.07, 6.45) is 8.00. The van der Waals surface area contributed by atoms with Crippen molar-refractivity contribution in [3.63, 3.8) is 0 Å². The largest absolute Gasteiger partial charge is 0.315 e. The van der Waals surface area contributed by atoms with Crippen LogP contribution in [0.2, 0.25) is 0 Å². The Kier molecular flexibility index (Phi) is 14.6. The normalized spacial score (nSPS) is 16.4. The summed E-state index contributed by atoms with van der Waals surface area (Å²) in [5, 5.41) is 0. The summed E-state index contributed by atoms with van der Waals surface area (Å²) in [6, 6.07) is 0. The molecule has 0 bridgehead atoms. The third-order valence-electron chi connectivity index (χ3n) is 2.85. The Morgan fingerprint density at radius 3 is 2.41 bits per heavy atom. The van der Waals surface area contributed by atoms with Gasteiger partial charge in [0.1, 0.15) is 0 Å². The van der Waals surface area contributed by atoms with E-state index in [-0.39, 0.29) is 0 Å². The Morgan fingerprint density at radius 1 is 1.06 bits per heavy atom. The minimum atomic E-state index is 0.929. The second kappa shape index (κ2) is 14.3. The first-order valence-corrected chi connectivity index (χ1v) is 8.31. The molecular formula is C14H31NOS. The van der Waals surface area contributed by atoms with Crippen LogP contribution in [0.1, 0.15) is 59.3 Å². The van der Waals surface area contributed by atoms with Crippen LogP contribution in [0.3, 0.4) is 0 Å². The van der Waals surface area contributed by atoms with Crippen molar-refractivity contribution in [3.05, 3.63) is 0 Å². The van der Waals surface area contributed by atoms with Crippen molar-refractivity contribution < 1.29 is 4.18 Å². The van der Waals surface area contributed by atoms with Crippen molar-refractivity contribution in [2.45, 2.75) is 59.3 Å². The molecule has 0 saturated carbocycles. The lowest BCUT2D eigenvalue weighted by Gasteiger charge is -2.25. The molecule has 17 heavy (non-hydrogen) atoms. The minimum Gasteiger partial charge on any atom is -0.315 e. The van der Waals surface area contributed by atoms with E-state index in [2.05, 4.69) is 11.8 Å². The van der Waals surface area contributed by atoms with Crippen LogP contribution in [0.25, 0.3) is 0 Å². The molecule has 0 N–H and O–H groups in total. The number of likely N-dealkylation sites (tertiary alicyclic amines) is 1. The Balaban J connectivity index is 0.00000121. The lowest BCUT2D eigenvalue weighted by Crippen LogP contribution is -2.31. The van der Waals surface area contributed by atoms with Crippen molar-refractivity contribution in [2.75, 3.05) is 32.0 Å². The molecule has 0 atom stereocenters. The van der Waals surface area contributed by atoms with E-state index >= 15 is 0 Å². The van der Waals surface area contributed by atoms with Gasteiger partial charge in [-0.1, -0.05) is 40.0 Å².